The number of aryl methyl sites for hydroxylation is 1. The fraction of sp³-hybridized carbons (Fsp3) is 0.500. The van der Waals surface area contributed by atoms with Crippen molar-refractivity contribution < 1.29 is 5.11 Å². The second kappa shape index (κ2) is 3.36. The molecule has 1 aliphatic carbocycles. The Morgan fingerprint density at radius 2 is 2.25 bits per heavy atom. The van der Waals surface area contributed by atoms with Crippen molar-refractivity contribution in [3.8, 4) is 0 Å². The molecule has 2 aromatic heterocycles. The van der Waals surface area contributed by atoms with Crippen molar-refractivity contribution in [2.24, 2.45) is 0 Å². The number of aromatic amines is 1. The third kappa shape index (κ3) is 1.30. The summed E-state index contributed by atoms with van der Waals surface area (Å²) < 4.78 is 2.43. The molecule has 0 amide bonds. The Balaban J connectivity index is 2.33. The summed E-state index contributed by atoms with van der Waals surface area (Å²) >= 11 is 5.39. The Morgan fingerprint density at radius 1 is 1.44 bits per heavy atom. The highest BCUT2D eigenvalue weighted by atomic mass is 32.1. The molecule has 0 radical (unpaired) electrons. The van der Waals surface area contributed by atoms with Crippen LogP contribution in [-0.2, 0) is 12.8 Å². The maximum Gasteiger partial charge on any atom is 0.252 e. The predicted molar refractivity (Wildman–Crippen MR) is 60.8 cm³/mol. The van der Waals surface area contributed by atoms with E-state index in [4.69, 9.17) is 12.2 Å². The molecular formula is C10H12N4OS. The van der Waals surface area contributed by atoms with Gasteiger partial charge in [-0.3, -0.25) is 5.10 Å². The van der Waals surface area contributed by atoms with Gasteiger partial charge in [0, 0.05) is 5.56 Å². The number of hydrogen-bond donors (Lipinski definition) is 2. The molecule has 0 aromatic carbocycles. The van der Waals surface area contributed by atoms with E-state index in [-0.39, 0.29) is 0 Å². The van der Waals surface area contributed by atoms with Gasteiger partial charge in [0.25, 0.3) is 5.78 Å². The minimum atomic E-state index is -0.633. The van der Waals surface area contributed by atoms with Crippen LogP contribution >= 0.6 is 12.2 Å². The zero-order valence-electron chi connectivity index (χ0n) is 8.90. The number of rotatable bonds is 1. The molecule has 0 fully saturated rings. The van der Waals surface area contributed by atoms with Gasteiger partial charge in [-0.05, 0) is 26.2 Å². The maximum atomic E-state index is 9.46. The summed E-state index contributed by atoms with van der Waals surface area (Å²) in [5, 5.41) is 12.4. The van der Waals surface area contributed by atoms with Gasteiger partial charge < -0.3 is 5.11 Å². The van der Waals surface area contributed by atoms with E-state index in [1.165, 1.54) is 0 Å². The second-order valence-electron chi connectivity index (χ2n) is 4.12. The van der Waals surface area contributed by atoms with E-state index < -0.39 is 6.10 Å². The molecule has 3 rings (SSSR count). The number of hydrogen-bond acceptors (Lipinski definition) is 4. The minimum absolute atomic E-state index is 0.502. The number of nitrogens with one attached hydrogen (secondary N) is 1. The molecule has 0 saturated heterocycles. The molecule has 0 bridgehead atoms. The van der Waals surface area contributed by atoms with Gasteiger partial charge >= 0.3 is 0 Å². The zero-order valence-corrected chi connectivity index (χ0v) is 9.71. The van der Waals surface area contributed by atoms with Crippen LogP contribution in [0.2, 0.25) is 0 Å². The number of aliphatic hydroxyl groups is 1. The van der Waals surface area contributed by atoms with Gasteiger partial charge in [-0.2, -0.15) is 4.98 Å². The lowest BCUT2D eigenvalue weighted by molar-refractivity contribution is 0.189. The van der Waals surface area contributed by atoms with Crippen LogP contribution in [0.25, 0.3) is 5.78 Å². The van der Waals surface area contributed by atoms with Gasteiger partial charge in [-0.1, -0.05) is 12.2 Å². The molecule has 1 aliphatic rings. The Kier molecular flexibility index (Phi) is 2.08. The molecule has 2 aromatic rings. The van der Waals surface area contributed by atoms with Crippen LogP contribution < -0.4 is 0 Å². The molecule has 2 N–H and O–H groups in total. The summed E-state index contributed by atoms with van der Waals surface area (Å²) in [7, 11) is 0. The summed E-state index contributed by atoms with van der Waals surface area (Å²) in [5.41, 5.74) is 2.21. The third-order valence-electron chi connectivity index (χ3n) is 2.93. The largest absolute Gasteiger partial charge is 0.385 e. The maximum absolute atomic E-state index is 9.46. The summed E-state index contributed by atoms with van der Waals surface area (Å²) in [6, 6.07) is 0. The van der Waals surface area contributed by atoms with Gasteiger partial charge in [0.2, 0.25) is 0 Å². The minimum Gasteiger partial charge on any atom is -0.385 e. The standard InChI is InChI=1S/C10H12N4OS/c1-5(15)8-12-10-11-7-4-2-3-6(7)9(16)14(10)13-8/h5,15H,2-4H2,1H3,(H,11,12,13). The van der Waals surface area contributed by atoms with Crippen LogP contribution in [0.1, 0.15) is 36.5 Å². The predicted octanol–water partition coefficient (Wildman–Crippen LogP) is 1.33. The Bertz CT molecular complexity index is 613. The Morgan fingerprint density at radius 3 is 3.00 bits per heavy atom. The lowest BCUT2D eigenvalue weighted by atomic mass is 10.3. The van der Waals surface area contributed by atoms with Gasteiger partial charge in [0.1, 0.15) is 10.7 Å². The highest BCUT2D eigenvalue weighted by Gasteiger charge is 2.18. The highest BCUT2D eigenvalue weighted by molar-refractivity contribution is 7.71. The molecule has 2 heterocycles. The van der Waals surface area contributed by atoms with E-state index in [0.29, 0.717) is 11.6 Å². The molecule has 1 unspecified atom stereocenters. The van der Waals surface area contributed by atoms with Crippen LogP contribution in [0, 0.1) is 4.64 Å². The smallest absolute Gasteiger partial charge is 0.252 e. The SMILES string of the molecule is CC(O)c1nc2nc3c(c(=S)n2[nH]1)CCC3. The fourth-order valence-corrected chi connectivity index (χ4v) is 2.44. The number of H-pyrrole nitrogens is 1. The fourth-order valence-electron chi connectivity index (χ4n) is 2.09. The quantitative estimate of drug-likeness (QED) is 0.733. The third-order valence-corrected chi connectivity index (χ3v) is 3.36. The monoisotopic (exact) mass is 236 g/mol. The van der Waals surface area contributed by atoms with Crippen LogP contribution in [0.5, 0.6) is 0 Å². The van der Waals surface area contributed by atoms with E-state index >= 15 is 0 Å². The second-order valence-corrected chi connectivity index (χ2v) is 4.50. The van der Waals surface area contributed by atoms with Crippen molar-refractivity contribution in [1.29, 1.82) is 0 Å². The molecule has 0 spiro atoms. The van der Waals surface area contributed by atoms with E-state index in [2.05, 4.69) is 15.1 Å². The molecular weight excluding hydrogens is 224 g/mol. The van der Waals surface area contributed by atoms with Gasteiger partial charge in [0.15, 0.2) is 5.82 Å². The lowest BCUT2D eigenvalue weighted by Crippen LogP contribution is -2.00. The van der Waals surface area contributed by atoms with Crippen LogP contribution in [-0.4, -0.2) is 24.7 Å². The number of aliphatic hydroxyl groups excluding tert-OH is 1. The first kappa shape index (κ1) is 9.92. The summed E-state index contributed by atoms with van der Waals surface area (Å²) in [5.74, 6) is 1.06. The van der Waals surface area contributed by atoms with Crippen molar-refractivity contribution in [2.45, 2.75) is 32.3 Å². The average molecular weight is 236 g/mol. The van der Waals surface area contributed by atoms with Gasteiger partial charge in [0.05, 0.1) is 5.69 Å². The van der Waals surface area contributed by atoms with Crippen LogP contribution in [0.15, 0.2) is 0 Å². The van der Waals surface area contributed by atoms with E-state index in [0.717, 1.165) is 35.2 Å². The topological polar surface area (TPSA) is 66.2 Å². The molecule has 6 heteroatoms. The molecule has 0 saturated carbocycles. The van der Waals surface area contributed by atoms with Gasteiger partial charge in [-0.15, -0.1) is 0 Å². The first-order valence-corrected chi connectivity index (χ1v) is 5.76. The lowest BCUT2D eigenvalue weighted by Gasteiger charge is -1.99. The van der Waals surface area contributed by atoms with Crippen molar-refractivity contribution >= 4 is 18.0 Å². The first-order valence-electron chi connectivity index (χ1n) is 5.35. The van der Waals surface area contributed by atoms with Crippen molar-refractivity contribution in [2.75, 3.05) is 0 Å². The first-order chi connectivity index (χ1) is 7.66. The molecule has 5 nitrogen and oxygen atoms in total. The van der Waals surface area contributed by atoms with E-state index in [9.17, 15) is 5.11 Å². The average Bonchev–Trinajstić information content (AvgIpc) is 2.83. The molecule has 16 heavy (non-hydrogen) atoms. The number of nitrogens with zero attached hydrogens (tertiary/aromatic N) is 3. The molecule has 0 aliphatic heterocycles. The van der Waals surface area contributed by atoms with Gasteiger partial charge in [-0.25, -0.2) is 9.50 Å². The normalized spacial score (nSPS) is 16.6. The summed E-state index contributed by atoms with van der Waals surface area (Å²) in [4.78, 5) is 8.69. The van der Waals surface area contributed by atoms with E-state index in [1.807, 2.05) is 0 Å². The Hall–Kier alpha value is -1.27. The van der Waals surface area contributed by atoms with Crippen LogP contribution in [0.3, 0.4) is 0 Å². The van der Waals surface area contributed by atoms with Crippen molar-refractivity contribution in [3.63, 3.8) is 0 Å². The van der Waals surface area contributed by atoms with Crippen molar-refractivity contribution in [3.05, 3.63) is 21.7 Å². The van der Waals surface area contributed by atoms with Crippen molar-refractivity contribution in [1.82, 2.24) is 19.6 Å². The van der Waals surface area contributed by atoms with Crippen LogP contribution in [0.4, 0.5) is 0 Å². The molecule has 84 valence electrons. The van der Waals surface area contributed by atoms with E-state index in [1.54, 1.807) is 11.4 Å². The summed E-state index contributed by atoms with van der Waals surface area (Å²) in [6.45, 7) is 1.66. The summed E-state index contributed by atoms with van der Waals surface area (Å²) in [6.07, 6.45) is 2.45. The zero-order chi connectivity index (χ0) is 11.3. The number of aromatic nitrogens is 4. The molecule has 1 atom stereocenters. The number of fused-ring (bicyclic) bond motifs is 2. The Labute approximate surface area is 97.1 Å². The highest BCUT2D eigenvalue weighted by Crippen LogP contribution is 2.22.